The lowest BCUT2D eigenvalue weighted by atomic mass is 10.1. The van der Waals surface area contributed by atoms with Gasteiger partial charge < -0.3 is 4.43 Å². The largest absolute Gasteiger partial charge is 0.391 e. The van der Waals surface area contributed by atoms with Gasteiger partial charge in [0.15, 0.2) is 0 Å². The van der Waals surface area contributed by atoms with Crippen molar-refractivity contribution in [2.45, 2.75) is 38.3 Å². The van der Waals surface area contributed by atoms with E-state index in [1.54, 1.807) is 12.4 Å². The molecule has 3 rings (SSSR count). The van der Waals surface area contributed by atoms with Crippen LogP contribution in [0.15, 0.2) is 85.2 Å². The lowest BCUT2D eigenvalue weighted by Gasteiger charge is -2.44. The van der Waals surface area contributed by atoms with Crippen molar-refractivity contribution < 1.29 is 4.43 Å². The van der Waals surface area contributed by atoms with Crippen LogP contribution in [0.3, 0.4) is 0 Å². The highest BCUT2D eigenvalue weighted by Crippen LogP contribution is 2.37. The Morgan fingerprint density at radius 1 is 0.893 bits per heavy atom. The Labute approximate surface area is 168 Å². The molecular formula is C24H26N2OSi. The summed E-state index contributed by atoms with van der Waals surface area (Å²) in [6, 6.07) is 27.1. The van der Waals surface area contributed by atoms with Crippen molar-refractivity contribution in [3.8, 4) is 6.07 Å². The van der Waals surface area contributed by atoms with Crippen LogP contribution in [0.4, 0.5) is 0 Å². The van der Waals surface area contributed by atoms with Crippen molar-refractivity contribution >= 4 is 18.7 Å². The van der Waals surface area contributed by atoms with Crippen molar-refractivity contribution in [1.29, 1.82) is 5.26 Å². The van der Waals surface area contributed by atoms with Crippen molar-refractivity contribution in [1.82, 2.24) is 4.98 Å². The molecule has 0 amide bonds. The van der Waals surface area contributed by atoms with Crippen molar-refractivity contribution in [2.24, 2.45) is 0 Å². The summed E-state index contributed by atoms with van der Waals surface area (Å²) in [7, 11) is -2.73. The average Bonchev–Trinajstić information content (AvgIpc) is 2.72. The summed E-state index contributed by atoms with van der Waals surface area (Å²) in [5.41, 5.74) is 1.06. The van der Waals surface area contributed by atoms with E-state index >= 15 is 0 Å². The summed E-state index contributed by atoms with van der Waals surface area (Å²) >= 11 is 0. The van der Waals surface area contributed by atoms with E-state index < -0.39 is 14.4 Å². The Morgan fingerprint density at radius 2 is 1.39 bits per heavy atom. The molecule has 1 atom stereocenters. The van der Waals surface area contributed by atoms with Crippen molar-refractivity contribution in [3.05, 3.63) is 90.8 Å². The van der Waals surface area contributed by atoms with Gasteiger partial charge in [-0.05, 0) is 33.1 Å². The molecule has 142 valence electrons. The summed E-state index contributed by atoms with van der Waals surface area (Å²) in [5, 5.41) is 12.2. The third kappa shape index (κ3) is 4.06. The Kier molecular flexibility index (Phi) is 6.08. The molecule has 0 spiro atoms. The molecule has 0 aliphatic rings. The molecule has 0 saturated carbocycles. The zero-order chi connectivity index (χ0) is 20.0. The van der Waals surface area contributed by atoms with Crippen LogP contribution >= 0.6 is 0 Å². The van der Waals surface area contributed by atoms with Crippen LogP contribution in [0, 0.1) is 11.3 Å². The molecule has 3 aromatic rings. The molecule has 0 saturated heterocycles. The number of aromatic nitrogens is 1. The first-order chi connectivity index (χ1) is 13.5. The fourth-order valence-electron chi connectivity index (χ4n) is 3.75. The molecule has 0 radical (unpaired) electrons. The van der Waals surface area contributed by atoms with Crippen LogP contribution in [0.2, 0.25) is 5.04 Å². The summed E-state index contributed by atoms with van der Waals surface area (Å²) in [5.74, 6) is 0. The molecule has 0 aliphatic heterocycles. The molecular weight excluding hydrogens is 360 g/mol. The van der Waals surface area contributed by atoms with Crippen LogP contribution in [-0.4, -0.2) is 19.4 Å². The first-order valence-electron chi connectivity index (χ1n) is 9.55. The van der Waals surface area contributed by atoms with Crippen molar-refractivity contribution in [3.63, 3.8) is 0 Å². The predicted molar refractivity (Wildman–Crippen MR) is 116 cm³/mol. The number of rotatable bonds is 6. The van der Waals surface area contributed by atoms with Crippen LogP contribution in [0.1, 0.15) is 26.3 Å². The second kappa shape index (κ2) is 8.51. The van der Waals surface area contributed by atoms with E-state index in [4.69, 9.17) is 4.43 Å². The zero-order valence-electron chi connectivity index (χ0n) is 16.7. The van der Waals surface area contributed by atoms with E-state index in [0.29, 0.717) is 6.42 Å². The number of pyridine rings is 1. The molecule has 0 fully saturated rings. The summed E-state index contributed by atoms with van der Waals surface area (Å²) in [6.45, 7) is 6.67. The van der Waals surface area contributed by atoms with Gasteiger partial charge in [0.25, 0.3) is 8.32 Å². The first-order valence-corrected chi connectivity index (χ1v) is 11.5. The second-order valence-electron chi connectivity index (χ2n) is 7.96. The van der Waals surface area contributed by atoms with Crippen LogP contribution in [-0.2, 0) is 10.8 Å². The monoisotopic (exact) mass is 386 g/mol. The topological polar surface area (TPSA) is 45.9 Å². The van der Waals surface area contributed by atoms with E-state index in [1.165, 1.54) is 10.4 Å². The predicted octanol–water partition coefficient (Wildman–Crippen LogP) is 4.09. The van der Waals surface area contributed by atoms with E-state index in [-0.39, 0.29) is 5.04 Å². The van der Waals surface area contributed by atoms with Crippen molar-refractivity contribution in [2.75, 3.05) is 0 Å². The molecule has 0 aliphatic carbocycles. The SMILES string of the molecule is CC(C)(C)[Si](OC(C#N)Cc1ccncc1)(c1ccccc1)c1ccccc1. The Bertz CT molecular complexity index is 876. The Balaban J connectivity index is 2.11. The van der Waals surface area contributed by atoms with Gasteiger partial charge in [0.05, 0.1) is 6.07 Å². The van der Waals surface area contributed by atoms with Gasteiger partial charge in [-0.25, -0.2) is 0 Å². The maximum Gasteiger partial charge on any atom is 0.262 e. The summed E-state index contributed by atoms with van der Waals surface area (Å²) < 4.78 is 6.89. The minimum atomic E-state index is -2.73. The molecule has 28 heavy (non-hydrogen) atoms. The fourth-order valence-corrected chi connectivity index (χ4v) is 8.33. The smallest absolute Gasteiger partial charge is 0.262 e. The number of hydrogen-bond acceptors (Lipinski definition) is 3. The van der Waals surface area contributed by atoms with Gasteiger partial charge in [0.1, 0.15) is 6.10 Å². The van der Waals surface area contributed by atoms with E-state index in [2.05, 4.69) is 80.4 Å². The number of hydrogen-bond donors (Lipinski definition) is 0. The van der Waals surface area contributed by atoms with Crippen LogP contribution in [0.5, 0.6) is 0 Å². The lowest BCUT2D eigenvalue weighted by molar-refractivity contribution is 0.240. The third-order valence-electron chi connectivity index (χ3n) is 5.05. The van der Waals surface area contributed by atoms with E-state index in [9.17, 15) is 5.26 Å². The zero-order valence-corrected chi connectivity index (χ0v) is 17.7. The molecule has 1 aromatic heterocycles. The molecule has 3 nitrogen and oxygen atoms in total. The van der Waals surface area contributed by atoms with Gasteiger partial charge in [0.2, 0.25) is 0 Å². The minimum Gasteiger partial charge on any atom is -0.391 e. The van der Waals surface area contributed by atoms with Gasteiger partial charge in [-0.3, -0.25) is 4.98 Å². The highest BCUT2D eigenvalue weighted by atomic mass is 28.4. The molecule has 0 N–H and O–H groups in total. The maximum atomic E-state index is 9.94. The Hall–Kier alpha value is -2.74. The number of nitrogens with zero attached hydrogens (tertiary/aromatic N) is 2. The number of nitriles is 1. The fraction of sp³-hybridized carbons (Fsp3) is 0.250. The highest BCUT2D eigenvalue weighted by Gasteiger charge is 2.51. The summed E-state index contributed by atoms with van der Waals surface area (Å²) in [6.07, 6.45) is 3.52. The van der Waals surface area contributed by atoms with E-state index in [1.807, 2.05) is 24.3 Å². The molecule has 0 bridgehead atoms. The quantitative estimate of drug-likeness (QED) is 0.599. The lowest BCUT2D eigenvalue weighted by Crippen LogP contribution is -2.67. The molecule has 1 heterocycles. The first kappa shape index (κ1) is 20.0. The van der Waals surface area contributed by atoms with Crippen LogP contribution < -0.4 is 10.4 Å². The third-order valence-corrected chi connectivity index (χ3v) is 10.1. The van der Waals surface area contributed by atoms with Gasteiger partial charge in [-0.15, -0.1) is 0 Å². The summed E-state index contributed by atoms with van der Waals surface area (Å²) in [4.78, 5) is 4.07. The van der Waals surface area contributed by atoms with Gasteiger partial charge >= 0.3 is 0 Å². The second-order valence-corrected chi connectivity index (χ2v) is 12.2. The minimum absolute atomic E-state index is 0.150. The maximum absolute atomic E-state index is 9.94. The normalized spacial score (nSPS) is 12.9. The van der Waals surface area contributed by atoms with Gasteiger partial charge in [0, 0.05) is 18.8 Å². The van der Waals surface area contributed by atoms with Gasteiger partial charge in [-0.2, -0.15) is 5.26 Å². The molecule has 4 heteroatoms. The highest BCUT2D eigenvalue weighted by molar-refractivity contribution is 6.99. The average molecular weight is 387 g/mol. The van der Waals surface area contributed by atoms with Crippen LogP contribution in [0.25, 0.3) is 0 Å². The van der Waals surface area contributed by atoms with E-state index in [0.717, 1.165) is 5.56 Å². The molecule has 1 unspecified atom stereocenters. The Morgan fingerprint density at radius 3 is 1.82 bits per heavy atom. The number of benzene rings is 2. The standard InChI is InChI=1S/C24H26N2OSi/c1-24(2,3)28(22-10-6-4-7-11-22,23-12-8-5-9-13-23)27-21(19-25)18-20-14-16-26-17-15-20/h4-17,21H,18H2,1-3H3. The molecule has 2 aromatic carbocycles. The van der Waals surface area contributed by atoms with Gasteiger partial charge in [-0.1, -0.05) is 81.4 Å².